The van der Waals surface area contributed by atoms with Crippen molar-refractivity contribution in [3.05, 3.63) is 47.8 Å². The number of nitrogens with one attached hydrogen (secondary N) is 1. The van der Waals surface area contributed by atoms with Crippen molar-refractivity contribution in [2.24, 2.45) is 0 Å². The van der Waals surface area contributed by atoms with Crippen molar-refractivity contribution in [1.29, 1.82) is 0 Å². The van der Waals surface area contributed by atoms with Gasteiger partial charge in [-0.25, -0.2) is 18.7 Å². The molecule has 0 aliphatic rings. The van der Waals surface area contributed by atoms with Crippen LogP contribution in [-0.2, 0) is 6.54 Å². The predicted octanol–water partition coefficient (Wildman–Crippen LogP) is 2.27. The molecule has 6 heteroatoms. The highest BCUT2D eigenvalue weighted by molar-refractivity contribution is 5.27. The van der Waals surface area contributed by atoms with E-state index in [-0.39, 0.29) is 11.8 Å². The first-order valence-corrected chi connectivity index (χ1v) is 5.27. The molecule has 0 spiro atoms. The van der Waals surface area contributed by atoms with Gasteiger partial charge in [0.2, 0.25) is 0 Å². The third kappa shape index (κ3) is 2.98. The van der Waals surface area contributed by atoms with E-state index in [1.165, 1.54) is 6.07 Å². The van der Waals surface area contributed by atoms with Crippen LogP contribution in [0.3, 0.4) is 0 Å². The summed E-state index contributed by atoms with van der Waals surface area (Å²) in [7, 11) is 1.80. The Hall–Kier alpha value is -2.08. The Morgan fingerprint density at radius 3 is 2.56 bits per heavy atom. The van der Waals surface area contributed by atoms with Crippen LogP contribution in [0.25, 0.3) is 0 Å². The summed E-state index contributed by atoms with van der Waals surface area (Å²) < 4.78 is 31.1. The zero-order valence-electron chi connectivity index (χ0n) is 9.65. The van der Waals surface area contributed by atoms with Gasteiger partial charge in [-0.15, -0.1) is 0 Å². The molecule has 1 aromatic heterocycles. The molecule has 1 heterocycles. The van der Waals surface area contributed by atoms with Crippen molar-refractivity contribution >= 4 is 0 Å². The van der Waals surface area contributed by atoms with Gasteiger partial charge in [0.15, 0.2) is 11.6 Å². The maximum absolute atomic E-state index is 13.3. The Balaban J connectivity index is 2.13. The molecule has 0 saturated heterocycles. The molecular weight excluding hydrogens is 240 g/mol. The molecule has 4 nitrogen and oxygen atoms in total. The summed E-state index contributed by atoms with van der Waals surface area (Å²) in [6.07, 6.45) is 3.14. The minimum absolute atomic E-state index is 0.0142. The highest BCUT2D eigenvalue weighted by Crippen LogP contribution is 2.22. The number of halogens is 2. The van der Waals surface area contributed by atoms with E-state index in [0.717, 1.165) is 17.7 Å². The van der Waals surface area contributed by atoms with E-state index in [1.54, 1.807) is 19.4 Å². The van der Waals surface area contributed by atoms with E-state index in [2.05, 4.69) is 15.3 Å². The Morgan fingerprint density at radius 2 is 1.94 bits per heavy atom. The highest BCUT2D eigenvalue weighted by atomic mass is 19.1. The van der Waals surface area contributed by atoms with Crippen molar-refractivity contribution in [3.63, 3.8) is 0 Å². The molecular formula is C12H11F2N3O. The molecule has 1 N–H and O–H groups in total. The SMILES string of the molecule is CNCc1cnc(Oc2ccc(F)cc2F)nc1. The zero-order valence-corrected chi connectivity index (χ0v) is 9.65. The summed E-state index contributed by atoms with van der Waals surface area (Å²) in [5.41, 5.74) is 0.879. The van der Waals surface area contributed by atoms with E-state index in [1.807, 2.05) is 0 Å². The maximum Gasteiger partial charge on any atom is 0.321 e. The molecule has 0 aliphatic carbocycles. The molecule has 0 aliphatic heterocycles. The highest BCUT2D eigenvalue weighted by Gasteiger charge is 2.07. The van der Waals surface area contributed by atoms with Crippen LogP contribution in [0.15, 0.2) is 30.6 Å². The van der Waals surface area contributed by atoms with Crippen molar-refractivity contribution < 1.29 is 13.5 Å². The van der Waals surface area contributed by atoms with E-state index in [4.69, 9.17) is 4.74 Å². The summed E-state index contributed by atoms with van der Waals surface area (Å²) in [6, 6.07) is 3.05. The lowest BCUT2D eigenvalue weighted by Crippen LogP contribution is -2.06. The third-order valence-corrected chi connectivity index (χ3v) is 2.16. The summed E-state index contributed by atoms with van der Waals surface area (Å²) in [5, 5.41) is 2.95. The average Bonchev–Trinajstić information content (AvgIpc) is 2.35. The van der Waals surface area contributed by atoms with Crippen molar-refractivity contribution in [2.45, 2.75) is 6.54 Å². The van der Waals surface area contributed by atoms with Gasteiger partial charge in [-0.1, -0.05) is 0 Å². The molecule has 94 valence electrons. The Kier molecular flexibility index (Phi) is 3.78. The molecule has 0 saturated carbocycles. The molecule has 1 aromatic carbocycles. The quantitative estimate of drug-likeness (QED) is 0.905. The molecule has 2 rings (SSSR count). The number of ether oxygens (including phenoxy) is 1. The van der Waals surface area contributed by atoms with Gasteiger partial charge in [0.25, 0.3) is 0 Å². The minimum Gasteiger partial charge on any atom is -0.421 e. The van der Waals surface area contributed by atoms with Gasteiger partial charge in [0.05, 0.1) is 0 Å². The number of hydrogen-bond acceptors (Lipinski definition) is 4. The lowest BCUT2D eigenvalue weighted by Gasteiger charge is -2.05. The third-order valence-electron chi connectivity index (χ3n) is 2.16. The summed E-state index contributed by atoms with van der Waals surface area (Å²) in [4.78, 5) is 7.84. The summed E-state index contributed by atoms with van der Waals surface area (Å²) in [5.74, 6) is -1.57. The van der Waals surface area contributed by atoms with Gasteiger partial charge in [-0.3, -0.25) is 0 Å². The van der Waals surface area contributed by atoms with Crippen LogP contribution in [0, 0.1) is 11.6 Å². The number of aromatic nitrogens is 2. The van der Waals surface area contributed by atoms with Crippen molar-refractivity contribution in [3.8, 4) is 11.8 Å². The number of benzene rings is 1. The largest absolute Gasteiger partial charge is 0.421 e. The van der Waals surface area contributed by atoms with Crippen LogP contribution < -0.4 is 10.1 Å². The normalized spacial score (nSPS) is 10.4. The Bertz CT molecular complexity index is 531. The second-order valence-corrected chi connectivity index (χ2v) is 3.58. The molecule has 0 bridgehead atoms. The Morgan fingerprint density at radius 1 is 1.22 bits per heavy atom. The van der Waals surface area contributed by atoms with E-state index >= 15 is 0 Å². The van der Waals surface area contributed by atoms with Gasteiger partial charge in [0.1, 0.15) is 5.82 Å². The van der Waals surface area contributed by atoms with Gasteiger partial charge in [-0.05, 0) is 19.2 Å². The molecule has 0 unspecified atom stereocenters. The number of hydrogen-bond donors (Lipinski definition) is 1. The first-order valence-electron chi connectivity index (χ1n) is 5.27. The van der Waals surface area contributed by atoms with E-state index < -0.39 is 11.6 Å². The fraction of sp³-hybridized carbons (Fsp3) is 0.167. The lowest BCUT2D eigenvalue weighted by atomic mass is 10.3. The fourth-order valence-electron chi connectivity index (χ4n) is 1.35. The predicted molar refractivity (Wildman–Crippen MR) is 61.2 cm³/mol. The van der Waals surface area contributed by atoms with Crippen LogP contribution in [0.2, 0.25) is 0 Å². The summed E-state index contributed by atoms with van der Waals surface area (Å²) >= 11 is 0. The van der Waals surface area contributed by atoms with Gasteiger partial charge >= 0.3 is 6.01 Å². The van der Waals surface area contributed by atoms with Crippen LogP contribution in [0.4, 0.5) is 8.78 Å². The smallest absolute Gasteiger partial charge is 0.321 e. The van der Waals surface area contributed by atoms with Crippen LogP contribution in [0.1, 0.15) is 5.56 Å². The molecule has 0 atom stereocenters. The van der Waals surface area contributed by atoms with Gasteiger partial charge in [0, 0.05) is 30.6 Å². The maximum atomic E-state index is 13.3. The minimum atomic E-state index is -0.794. The molecule has 0 fully saturated rings. The lowest BCUT2D eigenvalue weighted by molar-refractivity contribution is 0.407. The topological polar surface area (TPSA) is 47.0 Å². The fourth-order valence-corrected chi connectivity index (χ4v) is 1.35. The van der Waals surface area contributed by atoms with Gasteiger partial charge in [-0.2, -0.15) is 0 Å². The standard InChI is InChI=1S/C12H11F2N3O/c1-15-5-8-6-16-12(17-7-8)18-11-3-2-9(13)4-10(11)14/h2-4,6-7,15H,5H2,1H3. The van der Waals surface area contributed by atoms with E-state index in [9.17, 15) is 8.78 Å². The molecule has 0 radical (unpaired) electrons. The first kappa shape index (κ1) is 12.4. The van der Waals surface area contributed by atoms with Crippen LogP contribution in [0.5, 0.6) is 11.8 Å². The average molecular weight is 251 g/mol. The monoisotopic (exact) mass is 251 g/mol. The zero-order chi connectivity index (χ0) is 13.0. The molecule has 2 aromatic rings. The molecule has 18 heavy (non-hydrogen) atoms. The summed E-state index contributed by atoms with van der Waals surface area (Å²) in [6.45, 7) is 0.630. The van der Waals surface area contributed by atoms with Crippen LogP contribution >= 0.6 is 0 Å². The number of nitrogens with zero attached hydrogens (tertiary/aromatic N) is 2. The van der Waals surface area contributed by atoms with Crippen molar-refractivity contribution in [2.75, 3.05) is 7.05 Å². The molecule has 0 amide bonds. The van der Waals surface area contributed by atoms with E-state index in [0.29, 0.717) is 6.54 Å². The first-order chi connectivity index (χ1) is 8.69. The second-order valence-electron chi connectivity index (χ2n) is 3.58. The van der Waals surface area contributed by atoms with Crippen molar-refractivity contribution in [1.82, 2.24) is 15.3 Å². The Labute approximate surface area is 103 Å². The number of rotatable bonds is 4. The van der Waals surface area contributed by atoms with Gasteiger partial charge < -0.3 is 10.1 Å². The second kappa shape index (κ2) is 5.50. The van der Waals surface area contributed by atoms with Crippen LogP contribution in [-0.4, -0.2) is 17.0 Å².